The lowest BCUT2D eigenvalue weighted by atomic mass is 10.2. The molecule has 0 bridgehead atoms. The number of imidazole rings is 1. The minimum atomic E-state index is -1.27. The van der Waals surface area contributed by atoms with E-state index in [0.29, 0.717) is 17.5 Å². The molecule has 128 valence electrons. The number of nitrogens with one attached hydrogen (secondary N) is 1. The second-order valence-electron chi connectivity index (χ2n) is 4.86. The number of para-hydroxylation sites is 2. The van der Waals surface area contributed by atoms with Crippen molar-refractivity contribution in [1.82, 2.24) is 15.0 Å². The van der Waals surface area contributed by atoms with Crippen molar-refractivity contribution in [3.8, 4) is 5.75 Å². The van der Waals surface area contributed by atoms with Crippen molar-refractivity contribution in [3.63, 3.8) is 0 Å². The quantitative estimate of drug-likeness (QED) is 0.759. The van der Waals surface area contributed by atoms with E-state index < -0.39 is 10.8 Å². The molecule has 24 heavy (non-hydrogen) atoms. The van der Waals surface area contributed by atoms with Gasteiger partial charge >= 0.3 is 0 Å². The second-order valence-corrected chi connectivity index (χ2v) is 6.23. The third kappa shape index (κ3) is 4.00. The predicted molar refractivity (Wildman–Crippen MR) is 97.7 cm³/mol. The van der Waals surface area contributed by atoms with Crippen LogP contribution < -0.4 is 4.74 Å². The number of rotatable bonds is 5. The van der Waals surface area contributed by atoms with Crippen molar-refractivity contribution < 1.29 is 8.95 Å². The van der Waals surface area contributed by atoms with E-state index in [0.717, 1.165) is 28.0 Å². The fraction of sp³-hybridized carbons (Fsp3) is 0.333. The smallest absolute Gasteiger partial charge is 0.197 e. The first-order valence-corrected chi connectivity index (χ1v) is 9.41. The van der Waals surface area contributed by atoms with Gasteiger partial charge in [0.25, 0.3) is 0 Å². The first-order chi connectivity index (χ1) is 11.7. The third-order valence-corrected chi connectivity index (χ3v) is 4.57. The third-order valence-electron chi connectivity index (χ3n) is 3.41. The highest BCUT2D eigenvalue weighted by Crippen LogP contribution is 2.22. The number of hydrogen-bond acceptors (Lipinski definition) is 4. The zero-order valence-corrected chi connectivity index (χ0v) is 15.3. The molecule has 2 aromatic heterocycles. The topological polar surface area (TPSA) is 67.9 Å². The molecule has 0 amide bonds. The van der Waals surface area contributed by atoms with E-state index in [4.69, 9.17) is 4.74 Å². The number of aromatic nitrogens is 3. The predicted octanol–water partition coefficient (Wildman–Crippen LogP) is 4.00. The number of pyridine rings is 1. The van der Waals surface area contributed by atoms with E-state index in [1.807, 2.05) is 58.0 Å². The Bertz CT molecular complexity index is 797. The SMILES string of the molecule is CC.CCOc1ccnc(CS(=O)c2nc3ccccc3[nH]2)c1C. The lowest BCUT2D eigenvalue weighted by molar-refractivity contribution is 0.337. The minimum Gasteiger partial charge on any atom is -0.493 e. The molecule has 1 unspecified atom stereocenters. The van der Waals surface area contributed by atoms with Crippen molar-refractivity contribution in [2.75, 3.05) is 6.61 Å². The Morgan fingerprint density at radius 1 is 1.21 bits per heavy atom. The summed E-state index contributed by atoms with van der Waals surface area (Å²) < 4.78 is 18.1. The molecule has 0 aliphatic carbocycles. The second kappa shape index (κ2) is 8.59. The van der Waals surface area contributed by atoms with E-state index in [2.05, 4.69) is 15.0 Å². The number of ether oxygens (including phenoxy) is 1. The molecule has 1 atom stereocenters. The fourth-order valence-electron chi connectivity index (χ4n) is 2.25. The van der Waals surface area contributed by atoms with Crippen LogP contribution in [0.5, 0.6) is 5.75 Å². The van der Waals surface area contributed by atoms with Gasteiger partial charge in [-0.05, 0) is 32.0 Å². The lowest BCUT2D eigenvalue weighted by Crippen LogP contribution is -2.04. The van der Waals surface area contributed by atoms with Crippen molar-refractivity contribution in [1.29, 1.82) is 0 Å². The molecular formula is C18H23N3O2S. The van der Waals surface area contributed by atoms with Gasteiger partial charge in [0.2, 0.25) is 0 Å². The Morgan fingerprint density at radius 2 is 1.96 bits per heavy atom. The number of hydrogen-bond donors (Lipinski definition) is 1. The van der Waals surface area contributed by atoms with Gasteiger partial charge in [0.15, 0.2) is 5.16 Å². The van der Waals surface area contributed by atoms with Crippen LogP contribution in [0.2, 0.25) is 0 Å². The van der Waals surface area contributed by atoms with Gasteiger partial charge in [0.05, 0.1) is 39.9 Å². The first-order valence-electron chi connectivity index (χ1n) is 8.09. The summed E-state index contributed by atoms with van der Waals surface area (Å²) in [5, 5.41) is 0.476. The first kappa shape index (κ1) is 18.1. The summed E-state index contributed by atoms with van der Waals surface area (Å²) in [7, 11) is -1.27. The number of benzene rings is 1. The molecular weight excluding hydrogens is 322 g/mol. The largest absolute Gasteiger partial charge is 0.493 e. The number of H-pyrrole nitrogens is 1. The Labute approximate surface area is 145 Å². The van der Waals surface area contributed by atoms with Crippen LogP contribution in [0.1, 0.15) is 32.0 Å². The summed E-state index contributed by atoms with van der Waals surface area (Å²) in [6.07, 6.45) is 1.68. The summed E-state index contributed by atoms with van der Waals surface area (Å²) in [6, 6.07) is 9.47. The molecule has 0 spiro atoms. The van der Waals surface area contributed by atoms with Crippen molar-refractivity contribution >= 4 is 21.8 Å². The van der Waals surface area contributed by atoms with E-state index in [1.165, 1.54) is 0 Å². The zero-order chi connectivity index (χ0) is 17.5. The molecule has 0 fully saturated rings. The van der Waals surface area contributed by atoms with Gasteiger partial charge in [-0.1, -0.05) is 26.0 Å². The fourth-order valence-corrected chi connectivity index (χ4v) is 3.35. The van der Waals surface area contributed by atoms with Crippen LogP contribution in [-0.4, -0.2) is 25.8 Å². The number of fused-ring (bicyclic) bond motifs is 1. The highest BCUT2D eigenvalue weighted by molar-refractivity contribution is 7.84. The van der Waals surface area contributed by atoms with Crippen LogP contribution in [0.4, 0.5) is 0 Å². The molecule has 5 nitrogen and oxygen atoms in total. The highest BCUT2D eigenvalue weighted by atomic mass is 32.2. The summed E-state index contributed by atoms with van der Waals surface area (Å²) >= 11 is 0. The monoisotopic (exact) mass is 345 g/mol. The van der Waals surface area contributed by atoms with Gasteiger partial charge in [-0.2, -0.15) is 0 Å². The molecule has 1 N–H and O–H groups in total. The standard InChI is InChI=1S/C16H17N3O2S.C2H6/c1-3-21-15-8-9-17-14(11(15)2)10-22(20)16-18-12-6-4-5-7-13(12)19-16;1-2/h4-9H,3,10H2,1-2H3,(H,18,19);1-2H3. The number of nitrogens with zero attached hydrogens (tertiary/aromatic N) is 2. The Morgan fingerprint density at radius 3 is 2.67 bits per heavy atom. The van der Waals surface area contributed by atoms with E-state index in [1.54, 1.807) is 6.20 Å². The van der Waals surface area contributed by atoms with Crippen molar-refractivity contribution in [2.24, 2.45) is 0 Å². The Kier molecular flexibility index (Phi) is 6.49. The molecule has 2 heterocycles. The highest BCUT2D eigenvalue weighted by Gasteiger charge is 2.14. The average Bonchev–Trinajstić information content (AvgIpc) is 3.05. The maximum atomic E-state index is 12.5. The zero-order valence-electron chi connectivity index (χ0n) is 14.5. The molecule has 0 radical (unpaired) electrons. The van der Waals surface area contributed by atoms with Crippen LogP contribution in [0.25, 0.3) is 11.0 Å². The van der Waals surface area contributed by atoms with Gasteiger partial charge in [-0.15, -0.1) is 0 Å². The lowest BCUT2D eigenvalue weighted by Gasteiger charge is -2.09. The van der Waals surface area contributed by atoms with Gasteiger partial charge < -0.3 is 9.72 Å². The van der Waals surface area contributed by atoms with Gasteiger partial charge in [-0.3, -0.25) is 9.19 Å². The summed E-state index contributed by atoms with van der Waals surface area (Å²) in [5.74, 6) is 1.10. The molecule has 0 aliphatic heterocycles. The molecule has 0 saturated heterocycles. The Hall–Kier alpha value is -2.21. The van der Waals surface area contributed by atoms with Crippen LogP contribution in [-0.2, 0) is 16.6 Å². The Balaban J connectivity index is 0.00000100. The van der Waals surface area contributed by atoms with Gasteiger partial charge in [-0.25, -0.2) is 4.98 Å². The molecule has 0 aliphatic rings. The van der Waals surface area contributed by atoms with E-state index in [-0.39, 0.29) is 0 Å². The van der Waals surface area contributed by atoms with Gasteiger partial charge in [0.1, 0.15) is 5.75 Å². The molecule has 3 rings (SSSR count). The van der Waals surface area contributed by atoms with Crippen LogP contribution >= 0.6 is 0 Å². The van der Waals surface area contributed by atoms with Crippen molar-refractivity contribution in [2.45, 2.75) is 38.6 Å². The minimum absolute atomic E-state index is 0.312. The average molecular weight is 345 g/mol. The summed E-state index contributed by atoms with van der Waals surface area (Å²) in [4.78, 5) is 11.8. The molecule has 1 aromatic carbocycles. The normalized spacial score (nSPS) is 11.7. The van der Waals surface area contributed by atoms with Crippen LogP contribution in [0, 0.1) is 6.92 Å². The van der Waals surface area contributed by atoms with Gasteiger partial charge in [0, 0.05) is 11.8 Å². The van der Waals surface area contributed by atoms with E-state index in [9.17, 15) is 4.21 Å². The maximum Gasteiger partial charge on any atom is 0.197 e. The summed E-state index contributed by atoms with van der Waals surface area (Å²) in [5.41, 5.74) is 3.40. The van der Waals surface area contributed by atoms with Crippen LogP contribution in [0.3, 0.4) is 0 Å². The number of aromatic amines is 1. The molecule has 6 heteroatoms. The molecule has 0 saturated carbocycles. The van der Waals surface area contributed by atoms with E-state index >= 15 is 0 Å². The van der Waals surface area contributed by atoms with Crippen molar-refractivity contribution in [3.05, 3.63) is 47.8 Å². The van der Waals surface area contributed by atoms with Crippen LogP contribution in [0.15, 0.2) is 41.7 Å². The summed E-state index contributed by atoms with van der Waals surface area (Å²) in [6.45, 7) is 8.46. The maximum absolute atomic E-state index is 12.5. The molecule has 3 aromatic rings.